The van der Waals surface area contributed by atoms with E-state index in [1.54, 1.807) is 0 Å². The maximum Gasteiger partial charge on any atom is 0.323 e. The normalized spacial score (nSPS) is 20.7. The van der Waals surface area contributed by atoms with E-state index in [0.29, 0.717) is 26.2 Å². The Morgan fingerprint density at radius 1 is 1.47 bits per heavy atom. The number of ether oxygens (including phenoxy) is 3. The first kappa shape index (κ1) is 16.4. The molecule has 0 saturated carbocycles. The van der Waals surface area contributed by atoms with Crippen molar-refractivity contribution in [3.05, 3.63) is 0 Å². The van der Waals surface area contributed by atoms with Crippen LogP contribution in [0.1, 0.15) is 40.0 Å². The second-order valence-electron chi connectivity index (χ2n) is 5.12. The van der Waals surface area contributed by atoms with Gasteiger partial charge in [-0.1, -0.05) is 13.8 Å². The molecule has 1 heterocycles. The van der Waals surface area contributed by atoms with Crippen LogP contribution in [0.15, 0.2) is 0 Å². The zero-order valence-corrected chi connectivity index (χ0v) is 12.3. The summed E-state index contributed by atoms with van der Waals surface area (Å²) >= 11 is 0. The first-order chi connectivity index (χ1) is 9.13. The molecule has 1 N–H and O–H groups in total. The van der Waals surface area contributed by atoms with Crippen molar-refractivity contribution in [3.8, 4) is 0 Å². The number of nitrogens with one attached hydrogen (secondary N) is 1. The summed E-state index contributed by atoms with van der Waals surface area (Å²) < 4.78 is 16.1. The molecule has 5 nitrogen and oxygen atoms in total. The van der Waals surface area contributed by atoms with Gasteiger partial charge in [-0.3, -0.25) is 4.79 Å². The summed E-state index contributed by atoms with van der Waals surface area (Å²) in [5, 5.41) is 3.21. The minimum Gasteiger partial charge on any atom is -0.465 e. The monoisotopic (exact) mass is 273 g/mol. The molecule has 0 spiro atoms. The van der Waals surface area contributed by atoms with Gasteiger partial charge in [0.05, 0.1) is 19.3 Å². The smallest absolute Gasteiger partial charge is 0.323 e. The molecule has 0 aliphatic carbocycles. The number of rotatable bonds is 9. The van der Waals surface area contributed by atoms with Crippen LogP contribution in [0.5, 0.6) is 0 Å². The summed E-state index contributed by atoms with van der Waals surface area (Å²) in [6, 6.07) is -0.0444. The third-order valence-corrected chi connectivity index (χ3v) is 2.98. The third kappa shape index (κ3) is 6.89. The molecule has 1 saturated heterocycles. The van der Waals surface area contributed by atoms with Gasteiger partial charge in [-0.15, -0.1) is 0 Å². The molecule has 19 heavy (non-hydrogen) atoms. The van der Waals surface area contributed by atoms with Crippen molar-refractivity contribution < 1.29 is 19.0 Å². The van der Waals surface area contributed by atoms with E-state index in [-0.39, 0.29) is 24.2 Å². The number of carbonyl (C=O) groups is 1. The summed E-state index contributed by atoms with van der Waals surface area (Å²) in [7, 11) is 0. The topological polar surface area (TPSA) is 56.8 Å². The minimum absolute atomic E-state index is 0.197. The number of hydrogen-bond acceptors (Lipinski definition) is 5. The van der Waals surface area contributed by atoms with E-state index in [1.807, 2.05) is 20.8 Å². The lowest BCUT2D eigenvalue weighted by molar-refractivity contribution is -0.146. The van der Waals surface area contributed by atoms with Crippen molar-refractivity contribution in [2.24, 2.45) is 0 Å². The molecule has 0 amide bonds. The molecule has 1 aliphatic rings. The predicted molar refractivity (Wildman–Crippen MR) is 73.1 cm³/mol. The zero-order valence-electron chi connectivity index (χ0n) is 12.3. The van der Waals surface area contributed by atoms with Crippen LogP contribution in [0.25, 0.3) is 0 Å². The zero-order chi connectivity index (χ0) is 14.1. The van der Waals surface area contributed by atoms with Crippen LogP contribution in [0.4, 0.5) is 0 Å². The largest absolute Gasteiger partial charge is 0.465 e. The Bertz CT molecular complexity index is 252. The molecule has 112 valence electrons. The average Bonchev–Trinajstić information content (AvgIpc) is 2.86. The molecule has 1 fully saturated rings. The highest BCUT2D eigenvalue weighted by atomic mass is 16.5. The third-order valence-electron chi connectivity index (χ3n) is 2.98. The fourth-order valence-electron chi connectivity index (χ4n) is 2.11. The Kier molecular flexibility index (Phi) is 8.02. The van der Waals surface area contributed by atoms with Gasteiger partial charge in [-0.25, -0.2) is 0 Å². The van der Waals surface area contributed by atoms with Gasteiger partial charge in [0.25, 0.3) is 0 Å². The van der Waals surface area contributed by atoms with Gasteiger partial charge in [0.1, 0.15) is 6.04 Å². The van der Waals surface area contributed by atoms with Crippen LogP contribution in [-0.4, -0.2) is 50.6 Å². The van der Waals surface area contributed by atoms with Gasteiger partial charge >= 0.3 is 5.97 Å². The van der Waals surface area contributed by atoms with E-state index in [1.165, 1.54) is 0 Å². The van der Waals surface area contributed by atoms with Gasteiger partial charge in [-0.2, -0.15) is 0 Å². The number of esters is 1. The van der Waals surface area contributed by atoms with Crippen LogP contribution in [0.3, 0.4) is 0 Å². The molecule has 2 atom stereocenters. The first-order valence-corrected chi connectivity index (χ1v) is 7.25. The lowest BCUT2D eigenvalue weighted by Gasteiger charge is -2.20. The Balaban J connectivity index is 2.21. The van der Waals surface area contributed by atoms with Crippen LogP contribution < -0.4 is 5.32 Å². The van der Waals surface area contributed by atoms with Crippen molar-refractivity contribution >= 4 is 5.97 Å². The number of hydrogen-bond donors (Lipinski definition) is 1. The molecule has 1 aliphatic heterocycles. The molecule has 0 aromatic carbocycles. The quantitative estimate of drug-likeness (QED) is 0.509. The van der Waals surface area contributed by atoms with Crippen molar-refractivity contribution in [2.75, 3.05) is 26.4 Å². The van der Waals surface area contributed by atoms with E-state index >= 15 is 0 Å². The van der Waals surface area contributed by atoms with Crippen molar-refractivity contribution in [2.45, 2.75) is 58.2 Å². The van der Waals surface area contributed by atoms with E-state index in [2.05, 4.69) is 5.32 Å². The Morgan fingerprint density at radius 2 is 2.26 bits per heavy atom. The fourth-order valence-corrected chi connectivity index (χ4v) is 2.11. The summed E-state index contributed by atoms with van der Waals surface area (Å²) in [5.74, 6) is -0.197. The van der Waals surface area contributed by atoms with Crippen molar-refractivity contribution in [3.63, 3.8) is 0 Å². The van der Waals surface area contributed by atoms with Crippen LogP contribution in [0.2, 0.25) is 0 Å². The van der Waals surface area contributed by atoms with Crippen molar-refractivity contribution in [1.82, 2.24) is 5.32 Å². The Labute approximate surface area is 116 Å². The van der Waals surface area contributed by atoms with Gasteiger partial charge < -0.3 is 19.5 Å². The van der Waals surface area contributed by atoms with Gasteiger partial charge in [0.2, 0.25) is 0 Å². The summed E-state index contributed by atoms with van der Waals surface area (Å²) in [5.41, 5.74) is 0. The molecule has 0 radical (unpaired) electrons. The van der Waals surface area contributed by atoms with Gasteiger partial charge in [0.15, 0.2) is 0 Å². The van der Waals surface area contributed by atoms with E-state index < -0.39 is 0 Å². The first-order valence-electron chi connectivity index (χ1n) is 7.25. The van der Waals surface area contributed by atoms with E-state index in [9.17, 15) is 4.79 Å². The highest BCUT2D eigenvalue weighted by Gasteiger charge is 2.21. The van der Waals surface area contributed by atoms with Crippen LogP contribution in [0, 0.1) is 0 Å². The lowest BCUT2D eigenvalue weighted by Crippen LogP contribution is -2.42. The maximum atomic E-state index is 11.8. The Hall–Kier alpha value is -0.650. The van der Waals surface area contributed by atoms with Gasteiger partial charge in [0, 0.05) is 19.3 Å². The second-order valence-corrected chi connectivity index (χ2v) is 5.12. The molecule has 0 aromatic heterocycles. The Morgan fingerprint density at radius 3 is 2.84 bits per heavy atom. The summed E-state index contributed by atoms with van der Waals surface area (Å²) in [6.45, 7) is 8.26. The van der Waals surface area contributed by atoms with Crippen LogP contribution >= 0.6 is 0 Å². The fraction of sp³-hybridized carbons (Fsp3) is 0.929. The maximum absolute atomic E-state index is 11.8. The summed E-state index contributed by atoms with van der Waals surface area (Å²) in [6.07, 6.45) is 3.06. The molecule has 5 heteroatoms. The highest BCUT2D eigenvalue weighted by molar-refractivity contribution is 5.75. The lowest BCUT2D eigenvalue weighted by atomic mass is 10.2. The molecule has 2 unspecified atom stereocenters. The van der Waals surface area contributed by atoms with Crippen molar-refractivity contribution in [1.29, 1.82) is 0 Å². The predicted octanol–water partition coefficient (Wildman–Crippen LogP) is 1.50. The highest BCUT2D eigenvalue weighted by Crippen LogP contribution is 2.12. The number of carbonyl (C=O) groups excluding carboxylic acids is 1. The van der Waals surface area contributed by atoms with Gasteiger partial charge in [-0.05, 0) is 26.2 Å². The minimum atomic E-state index is -0.288. The van der Waals surface area contributed by atoms with E-state index in [0.717, 1.165) is 19.4 Å². The molecule has 0 bridgehead atoms. The van der Waals surface area contributed by atoms with Crippen LogP contribution in [-0.2, 0) is 19.0 Å². The molecule has 0 aromatic rings. The SMILES string of the molecule is CCOC(=O)C(CCOCC1CCCO1)NC(C)C. The average molecular weight is 273 g/mol. The molecular formula is C14H27NO4. The van der Waals surface area contributed by atoms with E-state index in [4.69, 9.17) is 14.2 Å². The second kappa shape index (κ2) is 9.28. The molecular weight excluding hydrogens is 246 g/mol. The summed E-state index contributed by atoms with van der Waals surface area (Å²) in [4.78, 5) is 11.8. The molecule has 1 rings (SSSR count). The standard InChI is InChI=1S/C14H27NO4/c1-4-18-14(16)13(15-11(2)3)7-9-17-10-12-6-5-8-19-12/h11-13,15H,4-10H2,1-3H3.